The molecule has 2 aliphatic heterocycles. The number of aromatic nitrogens is 3. The first-order valence-corrected chi connectivity index (χ1v) is 10.9. The summed E-state index contributed by atoms with van der Waals surface area (Å²) in [4.78, 5) is 18.6. The van der Waals surface area contributed by atoms with Crippen molar-refractivity contribution in [1.29, 1.82) is 0 Å². The van der Waals surface area contributed by atoms with E-state index in [0.717, 1.165) is 33.5 Å². The van der Waals surface area contributed by atoms with E-state index in [9.17, 15) is 4.79 Å². The van der Waals surface area contributed by atoms with Crippen LogP contribution in [0.25, 0.3) is 22.2 Å². The van der Waals surface area contributed by atoms with Gasteiger partial charge in [0.1, 0.15) is 17.1 Å². The topological polar surface area (TPSA) is 72.4 Å². The van der Waals surface area contributed by atoms with Gasteiger partial charge < -0.3 is 19.4 Å². The van der Waals surface area contributed by atoms with Crippen molar-refractivity contribution in [1.82, 2.24) is 19.7 Å². The van der Waals surface area contributed by atoms with Gasteiger partial charge in [0.2, 0.25) is 0 Å². The number of ether oxygens (including phenoxy) is 2. The van der Waals surface area contributed by atoms with Crippen LogP contribution in [0, 0.1) is 0 Å². The van der Waals surface area contributed by atoms with Crippen LogP contribution in [0.4, 0.5) is 0 Å². The van der Waals surface area contributed by atoms with Crippen LogP contribution in [-0.4, -0.2) is 45.8 Å². The van der Waals surface area contributed by atoms with Gasteiger partial charge in [0.05, 0.1) is 30.0 Å². The predicted octanol–water partition coefficient (Wildman–Crippen LogP) is 4.10. The summed E-state index contributed by atoms with van der Waals surface area (Å²) in [5, 5.41) is 5.36. The van der Waals surface area contributed by atoms with Gasteiger partial charge in [0.25, 0.3) is 5.91 Å². The molecular formula is C25H24N4O3. The molecule has 2 aromatic carbocycles. The molecule has 162 valence electrons. The van der Waals surface area contributed by atoms with Crippen molar-refractivity contribution in [2.75, 3.05) is 20.2 Å². The highest BCUT2D eigenvalue weighted by molar-refractivity contribution is 6.09. The molecule has 0 atom stereocenters. The van der Waals surface area contributed by atoms with Crippen LogP contribution in [0.15, 0.2) is 54.9 Å². The summed E-state index contributed by atoms with van der Waals surface area (Å²) in [5.41, 5.74) is 4.36. The first-order chi connectivity index (χ1) is 15.6. The van der Waals surface area contributed by atoms with Crippen molar-refractivity contribution in [2.45, 2.75) is 18.4 Å². The molecule has 1 saturated heterocycles. The molecule has 2 aliphatic rings. The van der Waals surface area contributed by atoms with Crippen molar-refractivity contribution in [3.8, 4) is 22.8 Å². The van der Waals surface area contributed by atoms with E-state index >= 15 is 0 Å². The molecule has 0 radical (unpaired) electrons. The van der Waals surface area contributed by atoms with Gasteiger partial charge in [-0.15, -0.1) is 0 Å². The van der Waals surface area contributed by atoms with Crippen LogP contribution < -0.4 is 9.47 Å². The van der Waals surface area contributed by atoms with Gasteiger partial charge in [-0.3, -0.25) is 9.48 Å². The number of amides is 1. The lowest BCUT2D eigenvalue weighted by Gasteiger charge is -2.44. The fourth-order valence-corrected chi connectivity index (χ4v) is 5.21. The number of piperidine rings is 1. The van der Waals surface area contributed by atoms with E-state index in [2.05, 4.69) is 16.1 Å². The summed E-state index contributed by atoms with van der Waals surface area (Å²) in [6.45, 7) is 1.22. The Morgan fingerprint density at radius 2 is 1.97 bits per heavy atom. The number of methoxy groups -OCH3 is 1. The molecule has 2 aromatic heterocycles. The van der Waals surface area contributed by atoms with Crippen molar-refractivity contribution < 1.29 is 14.3 Å². The Balaban J connectivity index is 1.31. The second kappa shape index (κ2) is 6.88. The Kier molecular flexibility index (Phi) is 4.08. The number of nitrogens with zero attached hydrogens (tertiary/aromatic N) is 3. The number of hydrogen-bond acceptors (Lipinski definition) is 4. The summed E-state index contributed by atoms with van der Waals surface area (Å²) < 4.78 is 14.0. The quantitative estimate of drug-likeness (QED) is 0.522. The number of aryl methyl sites for hydroxylation is 1. The van der Waals surface area contributed by atoms with Crippen LogP contribution in [0.2, 0.25) is 0 Å². The van der Waals surface area contributed by atoms with E-state index in [1.165, 1.54) is 0 Å². The lowest BCUT2D eigenvalue weighted by molar-refractivity contribution is -0.00166. The molecule has 4 heterocycles. The first kappa shape index (κ1) is 19.0. The predicted molar refractivity (Wildman–Crippen MR) is 121 cm³/mol. The highest BCUT2D eigenvalue weighted by Crippen LogP contribution is 2.49. The smallest absolute Gasteiger partial charge is 0.256 e. The number of H-pyrrole nitrogens is 1. The third-order valence-electron chi connectivity index (χ3n) is 6.85. The SMILES string of the molecule is COc1cccc2[nH]cc(C(=O)N3CCC4(CC3)Oc3ccccc3-c3c4cnn3C)c12. The van der Waals surface area contributed by atoms with E-state index in [0.29, 0.717) is 37.2 Å². The lowest BCUT2D eigenvalue weighted by atomic mass is 9.81. The average molecular weight is 428 g/mol. The van der Waals surface area contributed by atoms with Gasteiger partial charge in [-0.05, 0) is 24.3 Å². The molecule has 6 rings (SSSR count). The van der Waals surface area contributed by atoms with Gasteiger partial charge in [-0.1, -0.05) is 18.2 Å². The monoisotopic (exact) mass is 428 g/mol. The van der Waals surface area contributed by atoms with E-state index in [1.807, 2.05) is 59.2 Å². The van der Waals surface area contributed by atoms with Crippen molar-refractivity contribution >= 4 is 16.8 Å². The van der Waals surface area contributed by atoms with Crippen LogP contribution >= 0.6 is 0 Å². The molecule has 1 amide bonds. The average Bonchev–Trinajstić information content (AvgIpc) is 3.44. The zero-order chi connectivity index (χ0) is 21.9. The summed E-state index contributed by atoms with van der Waals surface area (Å²) >= 11 is 0. The van der Waals surface area contributed by atoms with Crippen molar-refractivity contribution in [3.63, 3.8) is 0 Å². The number of carbonyl (C=O) groups excluding carboxylic acids is 1. The highest BCUT2D eigenvalue weighted by Gasteiger charge is 2.46. The summed E-state index contributed by atoms with van der Waals surface area (Å²) in [6, 6.07) is 13.9. The number of rotatable bonds is 2. The molecule has 0 aliphatic carbocycles. The second-order valence-electron chi connectivity index (χ2n) is 8.50. The third kappa shape index (κ3) is 2.60. The van der Waals surface area contributed by atoms with E-state index in [4.69, 9.17) is 9.47 Å². The van der Waals surface area contributed by atoms with Gasteiger partial charge in [0, 0.05) is 55.8 Å². The Morgan fingerprint density at radius 3 is 2.78 bits per heavy atom. The largest absolute Gasteiger partial charge is 0.496 e. The maximum absolute atomic E-state index is 13.5. The first-order valence-electron chi connectivity index (χ1n) is 10.9. The number of fused-ring (bicyclic) bond motifs is 5. The molecular weight excluding hydrogens is 404 g/mol. The number of nitrogens with one attached hydrogen (secondary N) is 1. The minimum Gasteiger partial charge on any atom is -0.496 e. The van der Waals surface area contributed by atoms with Gasteiger partial charge >= 0.3 is 0 Å². The van der Waals surface area contributed by atoms with E-state index < -0.39 is 5.60 Å². The number of para-hydroxylation sites is 1. The van der Waals surface area contributed by atoms with Crippen LogP contribution in [-0.2, 0) is 12.6 Å². The number of carbonyl (C=O) groups is 1. The molecule has 0 bridgehead atoms. The van der Waals surface area contributed by atoms with Crippen molar-refractivity contribution in [2.24, 2.45) is 7.05 Å². The maximum Gasteiger partial charge on any atom is 0.256 e. The standard InChI is InChI=1S/C25H24N4O3/c1-28-23-16-6-3-4-8-20(16)32-25(18(23)15-27-28)10-12-29(13-11-25)24(30)17-14-26-19-7-5-9-21(31-2)22(17)19/h3-9,14-15,26H,10-13H2,1-2H3. The van der Waals surface area contributed by atoms with Crippen molar-refractivity contribution in [3.05, 3.63) is 66.0 Å². The van der Waals surface area contributed by atoms with E-state index in [1.54, 1.807) is 13.3 Å². The zero-order valence-corrected chi connectivity index (χ0v) is 18.1. The van der Waals surface area contributed by atoms with E-state index in [-0.39, 0.29) is 5.91 Å². The summed E-state index contributed by atoms with van der Waals surface area (Å²) in [6.07, 6.45) is 5.14. The van der Waals surface area contributed by atoms with Gasteiger partial charge in [0.15, 0.2) is 0 Å². The normalized spacial score (nSPS) is 16.5. The Hall–Kier alpha value is -3.74. The third-order valence-corrected chi connectivity index (χ3v) is 6.85. The fraction of sp³-hybridized carbons (Fsp3) is 0.280. The minimum absolute atomic E-state index is 0.0122. The van der Waals surface area contributed by atoms with Crippen LogP contribution in [0.5, 0.6) is 11.5 Å². The molecule has 1 N–H and O–H groups in total. The Morgan fingerprint density at radius 1 is 1.16 bits per heavy atom. The number of aromatic amines is 1. The molecule has 1 spiro atoms. The summed E-state index contributed by atoms with van der Waals surface area (Å²) in [7, 11) is 3.60. The lowest BCUT2D eigenvalue weighted by Crippen LogP contribution is -2.49. The number of likely N-dealkylation sites (tertiary alicyclic amines) is 1. The maximum atomic E-state index is 13.5. The summed E-state index contributed by atoms with van der Waals surface area (Å²) in [5.74, 6) is 1.59. The molecule has 0 unspecified atom stereocenters. The van der Waals surface area contributed by atoms with Gasteiger partial charge in [-0.25, -0.2) is 0 Å². The second-order valence-corrected chi connectivity index (χ2v) is 8.50. The Labute approximate surface area is 185 Å². The molecule has 7 heteroatoms. The zero-order valence-electron chi connectivity index (χ0n) is 18.1. The number of hydrogen-bond donors (Lipinski definition) is 1. The van der Waals surface area contributed by atoms with Gasteiger partial charge in [-0.2, -0.15) is 5.10 Å². The molecule has 32 heavy (non-hydrogen) atoms. The molecule has 1 fully saturated rings. The van der Waals surface area contributed by atoms with Crippen LogP contribution in [0.1, 0.15) is 28.8 Å². The highest BCUT2D eigenvalue weighted by atomic mass is 16.5. The molecule has 4 aromatic rings. The minimum atomic E-state index is -0.466. The molecule has 7 nitrogen and oxygen atoms in total. The number of benzene rings is 2. The van der Waals surface area contributed by atoms with Crippen LogP contribution in [0.3, 0.4) is 0 Å². The fourth-order valence-electron chi connectivity index (χ4n) is 5.21. The Bertz CT molecular complexity index is 1340. The molecule has 0 saturated carbocycles.